The highest BCUT2D eigenvalue weighted by Gasteiger charge is 2.32. The topological polar surface area (TPSA) is 94.5 Å². The standard InChI is InChI=1S/C22H21ClN4O4S/c1-30-17-9-14-15(10-18(17)31-2)25-22(32)27-16(21(29)26-20(14)27)6-7-19(28)24-11-12-4-3-5-13(23)8-12/h3-5,8-10,16H,6-7,11H2,1-2H3,(H,24,28)(H,26,29). The van der Waals surface area contributed by atoms with E-state index in [1.54, 1.807) is 28.8 Å². The second kappa shape index (κ2) is 9.13. The van der Waals surface area contributed by atoms with Gasteiger partial charge in [-0.1, -0.05) is 23.7 Å². The summed E-state index contributed by atoms with van der Waals surface area (Å²) in [6, 6.07) is 10.1. The lowest BCUT2D eigenvalue weighted by Crippen LogP contribution is -2.25. The van der Waals surface area contributed by atoms with Crippen LogP contribution in [0.3, 0.4) is 0 Å². The number of aromatic nitrogens is 2. The summed E-state index contributed by atoms with van der Waals surface area (Å²) in [6.45, 7) is 0.361. The summed E-state index contributed by atoms with van der Waals surface area (Å²) < 4.78 is 12.6. The number of ether oxygens (including phenoxy) is 2. The Morgan fingerprint density at radius 2 is 2.00 bits per heavy atom. The maximum absolute atomic E-state index is 12.7. The molecule has 32 heavy (non-hydrogen) atoms. The molecule has 2 N–H and O–H groups in total. The van der Waals surface area contributed by atoms with Crippen molar-refractivity contribution in [2.45, 2.75) is 25.4 Å². The highest BCUT2D eigenvalue weighted by molar-refractivity contribution is 7.71. The number of carbonyl (C=O) groups excluding carboxylic acids is 2. The fraction of sp³-hybridized carbons (Fsp3) is 0.273. The molecule has 0 spiro atoms. The van der Waals surface area contributed by atoms with Gasteiger partial charge >= 0.3 is 0 Å². The molecule has 2 aromatic carbocycles. The molecule has 3 aromatic rings. The number of carbonyl (C=O) groups is 2. The van der Waals surface area contributed by atoms with E-state index < -0.39 is 6.04 Å². The van der Waals surface area contributed by atoms with Crippen molar-refractivity contribution in [2.75, 3.05) is 19.5 Å². The monoisotopic (exact) mass is 472 g/mol. The van der Waals surface area contributed by atoms with Crippen molar-refractivity contribution in [3.63, 3.8) is 0 Å². The van der Waals surface area contributed by atoms with Crippen LogP contribution in [0.4, 0.5) is 5.82 Å². The number of halogens is 1. The second-order valence-electron chi connectivity index (χ2n) is 7.29. The van der Waals surface area contributed by atoms with Gasteiger partial charge in [0.1, 0.15) is 11.9 Å². The average molecular weight is 473 g/mol. The zero-order chi connectivity index (χ0) is 22.8. The number of nitrogens with zero attached hydrogens (tertiary/aromatic N) is 2. The van der Waals surface area contributed by atoms with Crippen molar-refractivity contribution >= 4 is 52.4 Å². The van der Waals surface area contributed by atoms with Crippen LogP contribution in [0.1, 0.15) is 24.4 Å². The van der Waals surface area contributed by atoms with Crippen molar-refractivity contribution in [1.29, 1.82) is 0 Å². The molecule has 0 saturated carbocycles. The largest absolute Gasteiger partial charge is 0.493 e. The van der Waals surface area contributed by atoms with E-state index in [1.807, 2.05) is 12.1 Å². The number of nitrogens with one attached hydrogen (secondary N) is 2. The van der Waals surface area contributed by atoms with Gasteiger partial charge in [-0.15, -0.1) is 0 Å². The third kappa shape index (κ3) is 4.26. The number of methoxy groups -OCH3 is 2. The minimum Gasteiger partial charge on any atom is -0.493 e. The first kappa shape index (κ1) is 22.0. The molecule has 10 heteroatoms. The van der Waals surface area contributed by atoms with Gasteiger partial charge in [0.15, 0.2) is 11.5 Å². The number of anilines is 1. The van der Waals surface area contributed by atoms with Crippen molar-refractivity contribution in [1.82, 2.24) is 14.9 Å². The predicted octanol–water partition coefficient (Wildman–Crippen LogP) is 4.03. The van der Waals surface area contributed by atoms with Crippen molar-refractivity contribution in [3.8, 4) is 11.5 Å². The Morgan fingerprint density at radius 3 is 2.72 bits per heavy atom. The summed E-state index contributed by atoms with van der Waals surface area (Å²) in [5, 5.41) is 7.02. The first-order chi connectivity index (χ1) is 15.4. The summed E-state index contributed by atoms with van der Waals surface area (Å²) in [4.78, 5) is 29.6. The van der Waals surface area contributed by atoms with E-state index in [-0.39, 0.29) is 29.4 Å². The maximum atomic E-state index is 12.7. The van der Waals surface area contributed by atoms with E-state index in [0.717, 1.165) is 5.56 Å². The average Bonchev–Trinajstić information content (AvgIpc) is 3.12. The van der Waals surface area contributed by atoms with Crippen molar-refractivity contribution in [2.24, 2.45) is 0 Å². The second-order valence-corrected chi connectivity index (χ2v) is 8.09. The van der Waals surface area contributed by atoms with Crippen LogP contribution in [0.5, 0.6) is 11.5 Å². The van der Waals surface area contributed by atoms with E-state index in [9.17, 15) is 9.59 Å². The highest BCUT2D eigenvalue weighted by Crippen LogP contribution is 2.38. The summed E-state index contributed by atoms with van der Waals surface area (Å²) in [6.07, 6.45) is 0.443. The van der Waals surface area contributed by atoms with E-state index in [4.69, 9.17) is 33.3 Å². The summed E-state index contributed by atoms with van der Waals surface area (Å²) in [5.74, 6) is 1.17. The number of hydrogen-bond acceptors (Lipinski definition) is 6. The van der Waals surface area contributed by atoms with Gasteiger partial charge in [0.25, 0.3) is 0 Å². The Bertz CT molecular complexity index is 1280. The van der Waals surface area contributed by atoms with Crippen LogP contribution in [0.15, 0.2) is 36.4 Å². The van der Waals surface area contributed by atoms with Gasteiger partial charge in [-0.3, -0.25) is 14.2 Å². The number of rotatable bonds is 7. The number of benzene rings is 2. The molecule has 1 aromatic heterocycles. The summed E-state index contributed by atoms with van der Waals surface area (Å²) in [5.41, 5.74) is 1.48. The zero-order valence-corrected chi connectivity index (χ0v) is 19.0. The van der Waals surface area contributed by atoms with Crippen LogP contribution in [-0.2, 0) is 16.1 Å². The molecule has 1 aliphatic rings. The fourth-order valence-electron chi connectivity index (χ4n) is 3.73. The number of amides is 2. The SMILES string of the molecule is COc1cc2nc(=S)n3c(c2cc1OC)NC(=O)C3CCC(=O)NCc1cccc(Cl)c1. The van der Waals surface area contributed by atoms with Crippen LogP contribution in [-0.4, -0.2) is 35.6 Å². The Hall–Kier alpha value is -3.17. The molecule has 0 aliphatic carbocycles. The van der Waals surface area contributed by atoms with Crippen LogP contribution < -0.4 is 20.1 Å². The maximum Gasteiger partial charge on any atom is 0.248 e. The van der Waals surface area contributed by atoms with E-state index in [2.05, 4.69) is 15.6 Å². The highest BCUT2D eigenvalue weighted by atomic mass is 35.5. The van der Waals surface area contributed by atoms with Gasteiger partial charge in [0.2, 0.25) is 16.6 Å². The predicted molar refractivity (Wildman–Crippen MR) is 124 cm³/mol. The van der Waals surface area contributed by atoms with Crippen LogP contribution in [0, 0.1) is 4.77 Å². The Balaban J connectivity index is 1.53. The lowest BCUT2D eigenvalue weighted by Gasteiger charge is -2.14. The molecule has 8 nitrogen and oxygen atoms in total. The summed E-state index contributed by atoms with van der Waals surface area (Å²) in [7, 11) is 3.07. The minimum absolute atomic E-state index is 0.157. The smallest absolute Gasteiger partial charge is 0.248 e. The third-order valence-electron chi connectivity index (χ3n) is 5.30. The molecule has 0 radical (unpaired) electrons. The molecule has 0 bridgehead atoms. The first-order valence-corrected chi connectivity index (χ1v) is 10.7. The molecule has 0 saturated heterocycles. The van der Waals surface area contributed by atoms with Gasteiger partial charge in [-0.25, -0.2) is 4.98 Å². The van der Waals surface area contributed by atoms with Gasteiger partial charge in [-0.05, 0) is 42.4 Å². The van der Waals surface area contributed by atoms with E-state index in [1.165, 1.54) is 14.2 Å². The molecular formula is C22H21ClN4O4S. The molecule has 1 unspecified atom stereocenters. The molecule has 1 aliphatic heterocycles. The fourth-order valence-corrected chi connectivity index (χ4v) is 4.26. The lowest BCUT2D eigenvalue weighted by molar-refractivity contribution is -0.122. The van der Waals surface area contributed by atoms with Crippen LogP contribution >= 0.6 is 23.8 Å². The molecule has 166 valence electrons. The van der Waals surface area contributed by atoms with Gasteiger partial charge in [-0.2, -0.15) is 0 Å². The lowest BCUT2D eigenvalue weighted by atomic mass is 10.1. The number of hydrogen-bond donors (Lipinski definition) is 2. The van der Waals surface area contributed by atoms with Crippen molar-refractivity contribution in [3.05, 3.63) is 51.8 Å². The van der Waals surface area contributed by atoms with E-state index in [0.29, 0.717) is 39.8 Å². The minimum atomic E-state index is -0.626. The molecule has 2 heterocycles. The molecule has 2 amide bonds. The van der Waals surface area contributed by atoms with Gasteiger partial charge < -0.3 is 20.1 Å². The third-order valence-corrected chi connectivity index (χ3v) is 5.82. The Kier molecular flexibility index (Phi) is 6.29. The Morgan fingerprint density at radius 1 is 1.25 bits per heavy atom. The Labute approximate surface area is 194 Å². The summed E-state index contributed by atoms with van der Waals surface area (Å²) >= 11 is 11.4. The molecule has 4 rings (SSSR count). The van der Waals surface area contributed by atoms with E-state index >= 15 is 0 Å². The van der Waals surface area contributed by atoms with Gasteiger partial charge in [0, 0.05) is 29.4 Å². The van der Waals surface area contributed by atoms with Gasteiger partial charge in [0.05, 0.1) is 19.7 Å². The normalized spacial score (nSPS) is 14.7. The molecule has 0 fully saturated rings. The zero-order valence-electron chi connectivity index (χ0n) is 17.5. The van der Waals surface area contributed by atoms with Crippen LogP contribution in [0.2, 0.25) is 5.02 Å². The molecule has 1 atom stereocenters. The van der Waals surface area contributed by atoms with Crippen molar-refractivity contribution < 1.29 is 19.1 Å². The quantitative estimate of drug-likeness (QED) is 0.504. The molecular weight excluding hydrogens is 452 g/mol. The van der Waals surface area contributed by atoms with Crippen LogP contribution in [0.25, 0.3) is 10.9 Å². The first-order valence-electron chi connectivity index (χ1n) is 9.91. The number of fused-ring (bicyclic) bond motifs is 3.